The summed E-state index contributed by atoms with van der Waals surface area (Å²) in [4.78, 5) is 15.9. The number of alkyl halides is 3. The van der Waals surface area contributed by atoms with Gasteiger partial charge >= 0.3 is 6.18 Å². The van der Waals surface area contributed by atoms with Crippen LogP contribution in [-0.4, -0.2) is 24.7 Å². The first kappa shape index (κ1) is 40.7. The molecule has 272 valence electrons. The Morgan fingerprint density at radius 2 is 1.78 bits per heavy atom. The number of halogens is 4. The van der Waals surface area contributed by atoms with Crippen molar-refractivity contribution in [2.24, 2.45) is 11.8 Å². The number of rotatable bonds is 18. The van der Waals surface area contributed by atoms with Gasteiger partial charge in [0.1, 0.15) is 5.82 Å². The molecule has 1 aliphatic carbocycles. The number of ketones is 1. The van der Waals surface area contributed by atoms with E-state index in [1.54, 1.807) is 59.0 Å². The average molecular weight is 693 g/mol. The first-order valence-electron chi connectivity index (χ1n) is 18.1. The van der Waals surface area contributed by atoms with E-state index in [9.17, 15) is 18.0 Å². The Kier molecular flexibility index (Phi) is 14.6. The summed E-state index contributed by atoms with van der Waals surface area (Å²) >= 11 is 0. The zero-order valence-electron chi connectivity index (χ0n) is 31.2. The lowest BCUT2D eigenvalue weighted by atomic mass is 9.69. The highest BCUT2D eigenvalue weighted by molar-refractivity contribution is 6.02. The van der Waals surface area contributed by atoms with E-state index in [0.29, 0.717) is 34.9 Å². The molecule has 0 aromatic heterocycles. The van der Waals surface area contributed by atoms with Crippen LogP contribution in [0, 0.1) is 23.1 Å². The molecular formula is C43H56F4N2O. The molecule has 2 aromatic rings. The lowest BCUT2D eigenvalue weighted by Crippen LogP contribution is -2.31. The summed E-state index contributed by atoms with van der Waals surface area (Å²) in [6.45, 7) is 13.2. The van der Waals surface area contributed by atoms with Crippen molar-refractivity contribution in [2.75, 3.05) is 11.9 Å². The Hall–Kier alpha value is -3.74. The normalized spacial score (nSPS) is 17.1. The molecule has 1 saturated carbocycles. The van der Waals surface area contributed by atoms with Gasteiger partial charge in [0.05, 0.1) is 11.3 Å². The summed E-state index contributed by atoms with van der Waals surface area (Å²) < 4.78 is 58.8. The number of likely N-dealkylation sites (N-methyl/N-ethyl adjacent to an activating group) is 1. The van der Waals surface area contributed by atoms with Crippen LogP contribution in [0.25, 0.3) is 0 Å². The van der Waals surface area contributed by atoms with Gasteiger partial charge in [-0.1, -0.05) is 114 Å². The van der Waals surface area contributed by atoms with Crippen molar-refractivity contribution in [3.05, 3.63) is 112 Å². The van der Waals surface area contributed by atoms with Crippen molar-refractivity contribution in [1.82, 2.24) is 0 Å². The number of carbonyl (C=O) groups excluding carboxylic acids is 1. The number of nitrogens with one attached hydrogen (secondary N) is 1. The van der Waals surface area contributed by atoms with E-state index in [1.165, 1.54) is 29.4 Å². The number of allylic oxidation sites excluding steroid dienone is 8. The number of carbonyl (C=O) groups is 1. The van der Waals surface area contributed by atoms with Crippen molar-refractivity contribution in [1.29, 1.82) is 5.41 Å². The zero-order chi connectivity index (χ0) is 37.2. The minimum Gasteiger partial charge on any atom is -0.342 e. The third-order valence-corrected chi connectivity index (χ3v) is 10.3. The first-order valence-corrected chi connectivity index (χ1v) is 18.1. The average Bonchev–Trinajstić information content (AvgIpc) is 3.92. The predicted molar refractivity (Wildman–Crippen MR) is 201 cm³/mol. The van der Waals surface area contributed by atoms with Gasteiger partial charge in [-0.2, -0.15) is 13.2 Å². The molecule has 0 radical (unpaired) electrons. The van der Waals surface area contributed by atoms with Crippen molar-refractivity contribution in [3.8, 4) is 0 Å². The van der Waals surface area contributed by atoms with E-state index in [1.807, 2.05) is 25.1 Å². The van der Waals surface area contributed by atoms with Gasteiger partial charge in [-0.25, -0.2) is 4.39 Å². The van der Waals surface area contributed by atoms with Gasteiger partial charge in [0.15, 0.2) is 5.78 Å². The number of Topliss-reactive ketones (excluding diaryl/α,β-unsaturated/α-hetero) is 1. The van der Waals surface area contributed by atoms with E-state index in [0.717, 1.165) is 43.4 Å². The third-order valence-electron chi connectivity index (χ3n) is 10.3. The molecule has 2 aromatic carbocycles. The smallest absolute Gasteiger partial charge is 0.342 e. The first-order chi connectivity index (χ1) is 23.6. The van der Waals surface area contributed by atoms with Gasteiger partial charge < -0.3 is 10.3 Å². The fourth-order valence-electron chi connectivity index (χ4n) is 6.50. The van der Waals surface area contributed by atoms with E-state index >= 15 is 4.39 Å². The van der Waals surface area contributed by atoms with E-state index in [4.69, 9.17) is 5.41 Å². The number of hydrogen-bond acceptors (Lipinski definition) is 3. The molecule has 0 bridgehead atoms. The monoisotopic (exact) mass is 692 g/mol. The summed E-state index contributed by atoms with van der Waals surface area (Å²) in [5, 5.41) is 8.07. The molecule has 50 heavy (non-hydrogen) atoms. The van der Waals surface area contributed by atoms with Crippen molar-refractivity contribution in [2.45, 2.75) is 117 Å². The Balaban J connectivity index is 2.14. The molecule has 3 nitrogen and oxygen atoms in total. The maximum absolute atomic E-state index is 15.8. The molecule has 3 rings (SSSR count). The van der Waals surface area contributed by atoms with Crippen molar-refractivity contribution in [3.63, 3.8) is 0 Å². The minimum absolute atomic E-state index is 0.144. The summed E-state index contributed by atoms with van der Waals surface area (Å²) in [6, 6.07) is 12.1. The van der Waals surface area contributed by atoms with E-state index in [-0.39, 0.29) is 17.5 Å². The Bertz CT molecular complexity index is 1610. The molecule has 3 atom stereocenters. The number of benzene rings is 2. The highest BCUT2D eigenvalue weighted by Crippen LogP contribution is 2.45. The Morgan fingerprint density at radius 3 is 2.36 bits per heavy atom. The fraction of sp³-hybridized carbons (Fsp3) is 0.488. The maximum Gasteiger partial charge on any atom is 0.416 e. The number of anilines is 1. The topological polar surface area (TPSA) is 44.2 Å². The van der Waals surface area contributed by atoms with E-state index in [2.05, 4.69) is 26.0 Å². The van der Waals surface area contributed by atoms with Crippen LogP contribution in [0.2, 0.25) is 0 Å². The molecular weight excluding hydrogens is 636 g/mol. The van der Waals surface area contributed by atoms with Crippen LogP contribution < -0.4 is 4.90 Å². The second-order valence-corrected chi connectivity index (χ2v) is 14.2. The van der Waals surface area contributed by atoms with Gasteiger partial charge in [0.2, 0.25) is 0 Å². The minimum atomic E-state index is -4.67. The highest BCUT2D eigenvalue weighted by atomic mass is 19.4. The van der Waals surface area contributed by atoms with E-state index < -0.39 is 35.2 Å². The predicted octanol–water partition coefficient (Wildman–Crippen LogP) is 12.6. The van der Waals surface area contributed by atoms with Gasteiger partial charge in [-0.3, -0.25) is 4.79 Å². The van der Waals surface area contributed by atoms with Crippen molar-refractivity contribution < 1.29 is 22.4 Å². The van der Waals surface area contributed by atoms with Crippen LogP contribution in [0.15, 0.2) is 89.7 Å². The lowest BCUT2D eigenvalue weighted by Gasteiger charge is -2.35. The zero-order valence-corrected chi connectivity index (χ0v) is 31.2. The van der Waals surface area contributed by atoms with Crippen LogP contribution in [0.3, 0.4) is 0 Å². The number of hydrogen-bond donors (Lipinski definition) is 1. The van der Waals surface area contributed by atoms with Crippen LogP contribution in [0.4, 0.5) is 23.2 Å². The van der Waals surface area contributed by atoms with Gasteiger partial charge in [-0.05, 0) is 92.3 Å². The number of nitrogens with zero attached hydrogens (tertiary/aromatic N) is 1. The standard InChI is InChI=1S/C43H56F4N2O/c1-9-12-17-34(15-11-3)42(7,25-24-32-20-21-32)35-22-23-39(44)38(27-35)29(4)30(5)41(50)40(28-36(18-13-10-2)43(45,46)47)49(8)37-19-14-16-33(26-37)31(6)48/h9,12,14,16-19,22-23,26-30,32,48H,10-11,13,15,20-21,24-25H2,1-8H3. The lowest BCUT2D eigenvalue weighted by molar-refractivity contribution is -0.119. The third kappa shape index (κ3) is 10.4. The second-order valence-electron chi connectivity index (χ2n) is 14.2. The summed E-state index contributed by atoms with van der Waals surface area (Å²) in [7, 11) is 1.56. The molecule has 0 spiro atoms. The maximum atomic E-state index is 15.8. The molecule has 1 fully saturated rings. The molecule has 7 heteroatoms. The van der Waals surface area contributed by atoms with Gasteiger partial charge in [-0.15, -0.1) is 0 Å². The summed E-state index contributed by atoms with van der Waals surface area (Å²) in [5.74, 6) is -1.73. The summed E-state index contributed by atoms with van der Waals surface area (Å²) in [6.07, 6.45) is 10.7. The van der Waals surface area contributed by atoms with Crippen molar-refractivity contribution >= 4 is 17.2 Å². The largest absolute Gasteiger partial charge is 0.416 e. The Labute approximate surface area is 297 Å². The molecule has 1 N–H and O–H groups in total. The Morgan fingerprint density at radius 1 is 1.08 bits per heavy atom. The van der Waals surface area contributed by atoms with Crippen LogP contribution in [0.5, 0.6) is 0 Å². The molecule has 0 aliphatic heterocycles. The molecule has 3 unspecified atom stereocenters. The fourth-order valence-corrected chi connectivity index (χ4v) is 6.50. The van der Waals surface area contributed by atoms with Crippen LogP contribution >= 0.6 is 0 Å². The number of unbranched alkanes of at least 4 members (excludes halogenated alkanes) is 1. The molecule has 0 saturated heterocycles. The summed E-state index contributed by atoms with van der Waals surface area (Å²) in [5.41, 5.74) is 2.61. The highest BCUT2D eigenvalue weighted by Gasteiger charge is 2.37. The van der Waals surface area contributed by atoms with Crippen LogP contribution in [0.1, 0.15) is 122 Å². The quantitative estimate of drug-likeness (QED) is 0.0731. The molecule has 0 heterocycles. The second kappa shape index (κ2) is 18.0. The van der Waals surface area contributed by atoms with Gasteiger partial charge in [0, 0.05) is 29.8 Å². The SMILES string of the molecule is CC=CC=C(CCC)C(C)(CCC1CC1)c1ccc(F)c(C(C)C(C)C(=O)C(=CC(=CCCC)C(F)(F)F)N(C)c2cccc(C(C)=N)c2)c1. The van der Waals surface area contributed by atoms with Crippen LogP contribution in [-0.2, 0) is 10.2 Å². The van der Waals surface area contributed by atoms with Gasteiger partial charge in [0.25, 0.3) is 0 Å². The molecule has 0 amide bonds. The molecule has 1 aliphatic rings.